The van der Waals surface area contributed by atoms with Crippen molar-refractivity contribution in [3.05, 3.63) is 46.7 Å². The Bertz CT molecular complexity index is 1520. The standard InChI is InChI=1S/C32H34ClFN4O4S/c33-22-9-12-24(20-8-13-26(35-18-20)37-14-4-3-7-27(37)39)25(17-22)29-30(34)43-32(36-29)38(23-10-11-23)31(42)21(16-28(40)41)15-19-5-1-2-6-19/h8-9,12-13,17-19,21,23H,1-7,10-11,14-16H2,(H,40,41). The van der Waals surface area contributed by atoms with Crippen LogP contribution in [0.1, 0.15) is 70.6 Å². The van der Waals surface area contributed by atoms with Crippen LogP contribution in [-0.2, 0) is 14.4 Å². The molecule has 6 rings (SSSR count). The Morgan fingerprint density at radius 2 is 1.88 bits per heavy atom. The van der Waals surface area contributed by atoms with Crippen LogP contribution in [0, 0.1) is 17.0 Å². The number of hydrogen-bond acceptors (Lipinski definition) is 6. The molecule has 3 aromatic rings. The van der Waals surface area contributed by atoms with Gasteiger partial charge in [0.25, 0.3) is 0 Å². The minimum atomic E-state index is -1.01. The molecule has 1 N–H and O–H groups in total. The number of hydrogen-bond donors (Lipinski definition) is 1. The molecular formula is C32H34ClFN4O4S. The van der Waals surface area contributed by atoms with Gasteiger partial charge in [0.1, 0.15) is 11.5 Å². The van der Waals surface area contributed by atoms with E-state index in [4.69, 9.17) is 11.6 Å². The van der Waals surface area contributed by atoms with E-state index in [0.29, 0.717) is 52.8 Å². The number of aliphatic carboxylic acids is 1. The summed E-state index contributed by atoms with van der Waals surface area (Å²) in [7, 11) is 0. The van der Waals surface area contributed by atoms with Crippen molar-refractivity contribution in [2.24, 2.45) is 11.8 Å². The van der Waals surface area contributed by atoms with Crippen molar-refractivity contribution in [3.8, 4) is 22.4 Å². The molecule has 0 bridgehead atoms. The van der Waals surface area contributed by atoms with Gasteiger partial charge < -0.3 is 5.11 Å². The number of nitrogens with zero attached hydrogens (tertiary/aromatic N) is 4. The van der Waals surface area contributed by atoms with Crippen molar-refractivity contribution in [2.45, 2.75) is 76.7 Å². The molecule has 1 aromatic carbocycles. The molecule has 11 heteroatoms. The van der Waals surface area contributed by atoms with Gasteiger partial charge in [-0.3, -0.25) is 24.2 Å². The van der Waals surface area contributed by atoms with Crippen LogP contribution in [0.2, 0.25) is 5.02 Å². The number of halogens is 2. The average Bonchev–Trinajstić information content (AvgIpc) is 3.54. The Hall–Kier alpha value is -3.37. The van der Waals surface area contributed by atoms with Crippen LogP contribution >= 0.6 is 22.9 Å². The van der Waals surface area contributed by atoms with E-state index in [1.54, 1.807) is 40.3 Å². The Morgan fingerprint density at radius 1 is 1.09 bits per heavy atom. The zero-order valence-electron chi connectivity index (χ0n) is 23.8. The van der Waals surface area contributed by atoms with Crippen LogP contribution in [0.25, 0.3) is 22.4 Å². The van der Waals surface area contributed by atoms with Gasteiger partial charge in [-0.25, -0.2) is 9.97 Å². The zero-order chi connectivity index (χ0) is 30.1. The fourth-order valence-corrected chi connectivity index (χ4v) is 7.43. The van der Waals surface area contributed by atoms with E-state index >= 15 is 4.39 Å². The number of pyridine rings is 1. The maximum absolute atomic E-state index is 15.7. The summed E-state index contributed by atoms with van der Waals surface area (Å²) in [6.07, 6.45) is 10.0. The Labute approximate surface area is 258 Å². The van der Waals surface area contributed by atoms with Gasteiger partial charge in [0.15, 0.2) is 5.13 Å². The van der Waals surface area contributed by atoms with Crippen molar-refractivity contribution >= 4 is 51.7 Å². The first-order valence-corrected chi connectivity index (χ1v) is 16.3. The van der Waals surface area contributed by atoms with Crippen LogP contribution in [0.5, 0.6) is 0 Å². The highest BCUT2D eigenvalue weighted by Crippen LogP contribution is 2.43. The monoisotopic (exact) mass is 624 g/mol. The summed E-state index contributed by atoms with van der Waals surface area (Å²) in [4.78, 5) is 50.4. The molecule has 226 valence electrons. The van der Waals surface area contributed by atoms with Crippen LogP contribution in [-0.4, -0.2) is 45.4 Å². The van der Waals surface area contributed by atoms with Gasteiger partial charge >= 0.3 is 5.97 Å². The van der Waals surface area contributed by atoms with Crippen LogP contribution < -0.4 is 9.80 Å². The Kier molecular flexibility index (Phi) is 8.77. The number of amides is 2. The zero-order valence-corrected chi connectivity index (χ0v) is 25.4. The molecule has 0 radical (unpaired) electrons. The van der Waals surface area contributed by atoms with Gasteiger partial charge in [0.2, 0.25) is 16.9 Å². The van der Waals surface area contributed by atoms with Crippen LogP contribution in [0.15, 0.2) is 36.5 Å². The minimum Gasteiger partial charge on any atom is -0.481 e. The first-order chi connectivity index (χ1) is 20.8. The average molecular weight is 625 g/mol. The van der Waals surface area contributed by atoms with Crippen molar-refractivity contribution in [1.82, 2.24) is 9.97 Å². The first kappa shape index (κ1) is 29.7. The van der Waals surface area contributed by atoms with E-state index < -0.39 is 17.0 Å². The molecule has 0 spiro atoms. The second kappa shape index (κ2) is 12.7. The predicted molar refractivity (Wildman–Crippen MR) is 165 cm³/mol. The molecule has 43 heavy (non-hydrogen) atoms. The van der Waals surface area contributed by atoms with E-state index in [1.165, 1.54) is 0 Å². The predicted octanol–water partition coefficient (Wildman–Crippen LogP) is 7.35. The Morgan fingerprint density at radius 3 is 2.56 bits per heavy atom. The molecule has 2 saturated carbocycles. The molecule has 2 aromatic heterocycles. The lowest BCUT2D eigenvalue weighted by atomic mass is 9.90. The lowest BCUT2D eigenvalue weighted by Gasteiger charge is -2.26. The number of thiazole rings is 1. The van der Waals surface area contributed by atoms with Gasteiger partial charge in [-0.15, -0.1) is 0 Å². The largest absolute Gasteiger partial charge is 0.481 e. The fraction of sp³-hybridized carbons (Fsp3) is 0.469. The maximum atomic E-state index is 15.7. The number of carbonyl (C=O) groups is 3. The van der Waals surface area contributed by atoms with Crippen molar-refractivity contribution < 1.29 is 23.9 Å². The number of carbonyl (C=O) groups excluding carboxylic acids is 2. The van der Waals surface area contributed by atoms with Crippen LogP contribution in [0.4, 0.5) is 15.3 Å². The number of anilines is 2. The number of benzene rings is 1. The normalized spacial score (nSPS) is 18.2. The SMILES string of the molecule is O=C(O)CC(CC1CCCC1)C(=O)N(c1nc(-c2cc(Cl)ccc2-c2ccc(N3CCCCC3=O)nc2)c(F)s1)C1CC1. The van der Waals surface area contributed by atoms with Gasteiger partial charge in [-0.2, -0.15) is 4.39 Å². The molecular weight excluding hydrogens is 591 g/mol. The van der Waals surface area contributed by atoms with E-state index in [9.17, 15) is 19.5 Å². The van der Waals surface area contributed by atoms with E-state index in [-0.39, 0.29) is 35.1 Å². The Balaban J connectivity index is 1.31. The maximum Gasteiger partial charge on any atom is 0.304 e. The number of carboxylic acids is 1. The lowest BCUT2D eigenvalue weighted by Crippen LogP contribution is -2.39. The van der Waals surface area contributed by atoms with E-state index in [2.05, 4.69) is 9.97 Å². The quantitative estimate of drug-likeness (QED) is 0.253. The molecule has 3 aliphatic rings. The molecule has 3 heterocycles. The molecule has 1 aliphatic heterocycles. The number of carboxylic acid groups (broad SMARTS) is 1. The highest BCUT2D eigenvalue weighted by Gasteiger charge is 2.40. The first-order valence-electron chi connectivity index (χ1n) is 15.1. The highest BCUT2D eigenvalue weighted by atomic mass is 35.5. The topological polar surface area (TPSA) is 104 Å². The lowest BCUT2D eigenvalue weighted by molar-refractivity contribution is -0.141. The second-order valence-electron chi connectivity index (χ2n) is 11.8. The minimum absolute atomic E-state index is 0.0550. The van der Waals surface area contributed by atoms with Crippen molar-refractivity contribution in [3.63, 3.8) is 0 Å². The fourth-order valence-electron chi connectivity index (χ4n) is 6.37. The summed E-state index contributed by atoms with van der Waals surface area (Å²) in [6, 6.07) is 8.68. The molecule has 1 saturated heterocycles. The van der Waals surface area contributed by atoms with Crippen molar-refractivity contribution in [1.29, 1.82) is 0 Å². The van der Waals surface area contributed by atoms with Crippen molar-refractivity contribution in [2.75, 3.05) is 16.3 Å². The van der Waals surface area contributed by atoms with Gasteiger partial charge in [-0.05, 0) is 67.9 Å². The summed E-state index contributed by atoms with van der Waals surface area (Å²) < 4.78 is 15.7. The third kappa shape index (κ3) is 6.60. The number of aromatic nitrogens is 2. The smallest absolute Gasteiger partial charge is 0.304 e. The summed E-state index contributed by atoms with van der Waals surface area (Å²) >= 11 is 7.18. The molecule has 2 amide bonds. The third-order valence-electron chi connectivity index (χ3n) is 8.69. The van der Waals surface area contributed by atoms with Gasteiger partial charge in [0, 0.05) is 47.3 Å². The number of rotatable bonds is 10. The summed E-state index contributed by atoms with van der Waals surface area (Å²) in [6.45, 7) is 0.633. The third-order valence-corrected chi connectivity index (χ3v) is 9.77. The highest BCUT2D eigenvalue weighted by molar-refractivity contribution is 7.14. The number of piperidine rings is 1. The molecule has 1 atom stereocenters. The molecule has 1 unspecified atom stereocenters. The van der Waals surface area contributed by atoms with E-state index in [1.807, 2.05) is 6.07 Å². The summed E-state index contributed by atoms with van der Waals surface area (Å²) in [5, 5.41) is 9.70. The summed E-state index contributed by atoms with van der Waals surface area (Å²) in [5.74, 6) is -0.992. The second-order valence-corrected chi connectivity index (χ2v) is 13.2. The van der Waals surface area contributed by atoms with Crippen LogP contribution in [0.3, 0.4) is 0 Å². The van der Waals surface area contributed by atoms with Gasteiger partial charge in [-0.1, -0.05) is 54.7 Å². The summed E-state index contributed by atoms with van der Waals surface area (Å²) in [5.41, 5.74) is 1.92. The molecule has 3 fully saturated rings. The molecule has 8 nitrogen and oxygen atoms in total. The van der Waals surface area contributed by atoms with Gasteiger partial charge in [0.05, 0.1) is 6.42 Å². The molecule has 2 aliphatic carbocycles. The van der Waals surface area contributed by atoms with E-state index in [0.717, 1.165) is 62.7 Å².